The Balaban J connectivity index is 1.69. The second kappa shape index (κ2) is 5.28. The van der Waals surface area contributed by atoms with Crippen molar-refractivity contribution in [1.82, 2.24) is 0 Å². The molecule has 0 unspecified atom stereocenters. The topological polar surface area (TPSA) is 80.3 Å². The number of nitrogen functional groups attached to an aromatic ring is 1. The molecule has 4 N–H and O–H groups in total. The standard InChI is InChI=1S/C15H17N3O2/c16-12-8-10-3-4-15(19)18-13(10)9-14(12)17-6-5-11-2-1-7-20-11/h1-2,7-9,17H,3-6,16H2,(H,18,19). The smallest absolute Gasteiger partial charge is 0.224 e. The molecule has 1 aliphatic heterocycles. The van der Waals surface area contributed by atoms with Crippen molar-refractivity contribution in [3.05, 3.63) is 41.9 Å². The lowest BCUT2D eigenvalue weighted by molar-refractivity contribution is -0.116. The summed E-state index contributed by atoms with van der Waals surface area (Å²) in [5.41, 5.74) is 9.55. The van der Waals surface area contributed by atoms with Gasteiger partial charge in [0.25, 0.3) is 0 Å². The van der Waals surface area contributed by atoms with Gasteiger partial charge in [0.05, 0.1) is 17.6 Å². The van der Waals surface area contributed by atoms with E-state index in [9.17, 15) is 4.79 Å². The van der Waals surface area contributed by atoms with Gasteiger partial charge in [-0.15, -0.1) is 0 Å². The molecule has 0 saturated heterocycles. The number of hydrogen-bond acceptors (Lipinski definition) is 4. The van der Waals surface area contributed by atoms with Gasteiger partial charge in [-0.25, -0.2) is 0 Å². The molecule has 0 spiro atoms. The number of hydrogen-bond donors (Lipinski definition) is 3. The molecule has 1 aromatic heterocycles. The van der Waals surface area contributed by atoms with E-state index in [1.807, 2.05) is 24.3 Å². The van der Waals surface area contributed by atoms with Crippen LogP contribution in [0.25, 0.3) is 0 Å². The van der Waals surface area contributed by atoms with Gasteiger partial charge < -0.3 is 20.8 Å². The monoisotopic (exact) mass is 271 g/mol. The third kappa shape index (κ3) is 2.61. The molecular formula is C15H17N3O2. The first-order chi connectivity index (χ1) is 9.72. The van der Waals surface area contributed by atoms with Crippen LogP contribution in [0.1, 0.15) is 17.7 Å². The normalized spacial score (nSPS) is 13.7. The number of carbonyl (C=O) groups excluding carboxylic acids is 1. The summed E-state index contributed by atoms with van der Waals surface area (Å²) in [5.74, 6) is 0.992. The van der Waals surface area contributed by atoms with Gasteiger partial charge >= 0.3 is 0 Å². The minimum absolute atomic E-state index is 0.0591. The van der Waals surface area contributed by atoms with Gasteiger partial charge in [0, 0.05) is 25.1 Å². The first kappa shape index (κ1) is 12.6. The van der Waals surface area contributed by atoms with Crippen molar-refractivity contribution in [2.24, 2.45) is 0 Å². The average molecular weight is 271 g/mol. The van der Waals surface area contributed by atoms with Crippen molar-refractivity contribution < 1.29 is 9.21 Å². The zero-order valence-electron chi connectivity index (χ0n) is 11.1. The lowest BCUT2D eigenvalue weighted by atomic mass is 10.0. The highest BCUT2D eigenvalue weighted by atomic mass is 16.3. The molecule has 0 atom stereocenters. The van der Waals surface area contributed by atoms with Gasteiger partial charge in [-0.3, -0.25) is 4.79 Å². The first-order valence-electron chi connectivity index (χ1n) is 6.71. The molecule has 1 amide bonds. The fraction of sp³-hybridized carbons (Fsp3) is 0.267. The Labute approximate surface area is 117 Å². The number of amides is 1. The van der Waals surface area contributed by atoms with Crippen LogP contribution >= 0.6 is 0 Å². The molecule has 1 aromatic carbocycles. The minimum Gasteiger partial charge on any atom is -0.469 e. The largest absolute Gasteiger partial charge is 0.469 e. The van der Waals surface area contributed by atoms with Crippen molar-refractivity contribution in [3.63, 3.8) is 0 Å². The van der Waals surface area contributed by atoms with E-state index in [1.165, 1.54) is 0 Å². The van der Waals surface area contributed by atoms with Crippen molar-refractivity contribution in [2.45, 2.75) is 19.3 Å². The van der Waals surface area contributed by atoms with E-state index >= 15 is 0 Å². The third-order valence-electron chi connectivity index (χ3n) is 3.44. The molecule has 1 aliphatic rings. The molecule has 0 radical (unpaired) electrons. The molecule has 0 bridgehead atoms. The average Bonchev–Trinajstić information content (AvgIpc) is 2.93. The second-order valence-electron chi connectivity index (χ2n) is 4.90. The quantitative estimate of drug-likeness (QED) is 0.746. The van der Waals surface area contributed by atoms with Gasteiger partial charge in [-0.1, -0.05) is 0 Å². The fourth-order valence-corrected chi connectivity index (χ4v) is 2.38. The van der Waals surface area contributed by atoms with E-state index in [-0.39, 0.29) is 5.91 Å². The highest BCUT2D eigenvalue weighted by Crippen LogP contribution is 2.30. The lowest BCUT2D eigenvalue weighted by Gasteiger charge is -2.19. The Morgan fingerprint density at radius 1 is 1.35 bits per heavy atom. The fourth-order valence-electron chi connectivity index (χ4n) is 2.38. The summed E-state index contributed by atoms with van der Waals surface area (Å²) in [4.78, 5) is 11.4. The molecule has 0 fully saturated rings. The molecule has 0 saturated carbocycles. The van der Waals surface area contributed by atoms with Crippen molar-refractivity contribution in [1.29, 1.82) is 0 Å². The van der Waals surface area contributed by atoms with Gasteiger partial charge in [-0.05, 0) is 36.2 Å². The van der Waals surface area contributed by atoms with Gasteiger partial charge in [0.1, 0.15) is 5.76 Å². The van der Waals surface area contributed by atoms with Crippen LogP contribution in [0.4, 0.5) is 17.1 Å². The van der Waals surface area contributed by atoms with Crippen LogP contribution in [-0.4, -0.2) is 12.5 Å². The number of nitrogens with one attached hydrogen (secondary N) is 2. The predicted octanol–water partition coefficient (Wildman–Crippen LogP) is 2.40. The van der Waals surface area contributed by atoms with Crippen molar-refractivity contribution >= 4 is 23.0 Å². The third-order valence-corrected chi connectivity index (χ3v) is 3.44. The maximum absolute atomic E-state index is 11.4. The molecule has 0 aliphatic carbocycles. The Morgan fingerprint density at radius 3 is 3.05 bits per heavy atom. The number of rotatable bonds is 4. The number of carbonyl (C=O) groups is 1. The van der Waals surface area contributed by atoms with Crippen LogP contribution < -0.4 is 16.4 Å². The number of aryl methyl sites for hydroxylation is 1. The zero-order chi connectivity index (χ0) is 13.9. The summed E-state index contributed by atoms with van der Waals surface area (Å²) in [5, 5.41) is 6.16. The zero-order valence-corrected chi connectivity index (χ0v) is 11.1. The van der Waals surface area contributed by atoms with Crippen LogP contribution in [-0.2, 0) is 17.6 Å². The Kier molecular flexibility index (Phi) is 3.33. The summed E-state index contributed by atoms with van der Waals surface area (Å²) in [6.45, 7) is 0.727. The maximum atomic E-state index is 11.4. The molecule has 3 rings (SSSR count). The number of furan rings is 1. The summed E-state index contributed by atoms with van der Waals surface area (Å²) < 4.78 is 5.28. The summed E-state index contributed by atoms with van der Waals surface area (Å²) >= 11 is 0. The summed E-state index contributed by atoms with van der Waals surface area (Å²) in [6.07, 6.45) is 3.73. The minimum atomic E-state index is 0.0591. The van der Waals surface area contributed by atoms with Crippen LogP contribution in [0.3, 0.4) is 0 Å². The van der Waals surface area contributed by atoms with E-state index in [4.69, 9.17) is 10.2 Å². The van der Waals surface area contributed by atoms with E-state index in [2.05, 4.69) is 10.6 Å². The van der Waals surface area contributed by atoms with Gasteiger partial charge in [-0.2, -0.15) is 0 Å². The Morgan fingerprint density at radius 2 is 2.25 bits per heavy atom. The van der Waals surface area contributed by atoms with E-state index < -0.39 is 0 Å². The highest BCUT2D eigenvalue weighted by molar-refractivity contribution is 5.95. The Bertz CT molecular complexity index is 620. The van der Waals surface area contributed by atoms with Crippen molar-refractivity contribution in [2.75, 3.05) is 22.9 Å². The van der Waals surface area contributed by atoms with Crippen molar-refractivity contribution in [3.8, 4) is 0 Å². The van der Waals surface area contributed by atoms with Crippen LogP contribution in [0.15, 0.2) is 34.9 Å². The maximum Gasteiger partial charge on any atom is 0.224 e. The number of benzene rings is 1. The Hall–Kier alpha value is -2.43. The summed E-state index contributed by atoms with van der Waals surface area (Å²) in [6, 6.07) is 7.66. The predicted molar refractivity (Wildman–Crippen MR) is 78.7 cm³/mol. The van der Waals surface area contributed by atoms with Crippen LogP contribution in [0.5, 0.6) is 0 Å². The van der Waals surface area contributed by atoms with Crippen LogP contribution in [0.2, 0.25) is 0 Å². The molecule has 20 heavy (non-hydrogen) atoms. The molecule has 104 valence electrons. The van der Waals surface area contributed by atoms with E-state index in [0.29, 0.717) is 12.1 Å². The highest BCUT2D eigenvalue weighted by Gasteiger charge is 2.16. The SMILES string of the molecule is Nc1cc2c(cc1NCCc1ccco1)NC(=O)CC2. The van der Waals surface area contributed by atoms with E-state index in [0.717, 1.165) is 42.1 Å². The second-order valence-corrected chi connectivity index (χ2v) is 4.90. The number of fused-ring (bicyclic) bond motifs is 1. The number of nitrogens with two attached hydrogens (primary N) is 1. The molecule has 2 aromatic rings. The van der Waals surface area contributed by atoms with Gasteiger partial charge in [0.15, 0.2) is 0 Å². The lowest BCUT2D eigenvalue weighted by Crippen LogP contribution is -2.19. The molecule has 2 heterocycles. The molecule has 5 nitrogen and oxygen atoms in total. The number of anilines is 3. The first-order valence-corrected chi connectivity index (χ1v) is 6.71. The molecule has 5 heteroatoms. The van der Waals surface area contributed by atoms with Gasteiger partial charge in [0.2, 0.25) is 5.91 Å². The van der Waals surface area contributed by atoms with E-state index in [1.54, 1.807) is 6.26 Å². The van der Waals surface area contributed by atoms with Crippen LogP contribution in [0, 0.1) is 0 Å². The summed E-state index contributed by atoms with van der Waals surface area (Å²) in [7, 11) is 0. The molecular weight excluding hydrogens is 254 g/mol.